The normalized spacial score (nSPS) is 24.9. The maximum atomic E-state index is 5.59. The Morgan fingerprint density at radius 3 is 2.92 bits per heavy atom. The van der Waals surface area contributed by atoms with Crippen molar-refractivity contribution >= 4 is 0 Å². The summed E-state index contributed by atoms with van der Waals surface area (Å²) in [5, 5.41) is 0. The second kappa shape index (κ2) is 6.35. The van der Waals surface area contributed by atoms with Crippen molar-refractivity contribution in [1.29, 1.82) is 0 Å². The summed E-state index contributed by atoms with van der Waals surface area (Å²) in [5.74, 6) is 5.50. The molecule has 1 aliphatic heterocycles. The molecule has 2 atom stereocenters. The van der Waals surface area contributed by atoms with Crippen LogP contribution in [-0.2, 0) is 4.74 Å². The second-order valence-electron chi connectivity index (χ2n) is 3.82. The van der Waals surface area contributed by atoms with Crippen molar-refractivity contribution < 1.29 is 4.74 Å². The molecule has 1 heterocycles. The Kier molecular flexibility index (Phi) is 5.35. The minimum Gasteiger partial charge on any atom is -0.377 e. The Morgan fingerprint density at radius 1 is 1.54 bits per heavy atom. The van der Waals surface area contributed by atoms with Crippen molar-refractivity contribution in [2.45, 2.75) is 57.6 Å². The molecule has 0 radical (unpaired) electrons. The lowest BCUT2D eigenvalue weighted by Crippen LogP contribution is -2.43. The van der Waals surface area contributed by atoms with Crippen LogP contribution in [0.1, 0.15) is 45.4 Å². The van der Waals surface area contributed by atoms with Crippen LogP contribution >= 0.6 is 0 Å². The van der Waals surface area contributed by atoms with E-state index in [0.29, 0.717) is 12.1 Å². The standard InChI is InChI=1S/C10H22N2O/c1-2-3-4-6-9(12-11)10-7-5-8-13-10/h9-10,12H,2-8,11H2,1H3. The topological polar surface area (TPSA) is 47.3 Å². The zero-order valence-corrected chi connectivity index (χ0v) is 8.59. The number of unbranched alkanes of at least 4 members (excludes halogenated alkanes) is 2. The van der Waals surface area contributed by atoms with E-state index in [1.165, 1.54) is 32.1 Å². The number of hydrazine groups is 1. The summed E-state index contributed by atoms with van der Waals surface area (Å²) in [4.78, 5) is 0. The molecule has 0 amide bonds. The summed E-state index contributed by atoms with van der Waals surface area (Å²) in [7, 11) is 0. The molecule has 1 rings (SSSR count). The number of nitrogens with two attached hydrogens (primary N) is 1. The van der Waals surface area contributed by atoms with Crippen molar-refractivity contribution in [3.8, 4) is 0 Å². The highest BCUT2D eigenvalue weighted by molar-refractivity contribution is 4.78. The van der Waals surface area contributed by atoms with Crippen LogP contribution in [0.25, 0.3) is 0 Å². The van der Waals surface area contributed by atoms with Crippen LogP contribution in [0.5, 0.6) is 0 Å². The maximum absolute atomic E-state index is 5.59. The highest BCUT2D eigenvalue weighted by atomic mass is 16.5. The molecular weight excluding hydrogens is 164 g/mol. The van der Waals surface area contributed by atoms with Gasteiger partial charge in [0.15, 0.2) is 0 Å². The number of hydrogen-bond acceptors (Lipinski definition) is 3. The molecule has 0 aromatic heterocycles. The lowest BCUT2D eigenvalue weighted by atomic mass is 10.0. The first-order valence-corrected chi connectivity index (χ1v) is 5.46. The lowest BCUT2D eigenvalue weighted by molar-refractivity contribution is 0.0748. The van der Waals surface area contributed by atoms with Crippen molar-refractivity contribution in [3.05, 3.63) is 0 Å². The predicted molar refractivity (Wildman–Crippen MR) is 54.2 cm³/mol. The molecule has 78 valence electrons. The van der Waals surface area contributed by atoms with E-state index >= 15 is 0 Å². The third-order valence-electron chi connectivity index (χ3n) is 2.75. The van der Waals surface area contributed by atoms with Crippen molar-refractivity contribution in [2.75, 3.05) is 6.61 Å². The summed E-state index contributed by atoms with van der Waals surface area (Å²) in [6.07, 6.45) is 7.69. The van der Waals surface area contributed by atoms with Crippen LogP contribution in [0.4, 0.5) is 0 Å². The van der Waals surface area contributed by atoms with E-state index in [0.717, 1.165) is 13.0 Å². The molecule has 1 aliphatic rings. The molecule has 0 aromatic rings. The zero-order chi connectivity index (χ0) is 9.52. The van der Waals surface area contributed by atoms with Gasteiger partial charge in [0.25, 0.3) is 0 Å². The van der Waals surface area contributed by atoms with E-state index in [-0.39, 0.29) is 0 Å². The Morgan fingerprint density at radius 2 is 2.38 bits per heavy atom. The van der Waals surface area contributed by atoms with E-state index in [4.69, 9.17) is 10.6 Å². The van der Waals surface area contributed by atoms with Crippen LogP contribution < -0.4 is 11.3 Å². The molecule has 0 saturated carbocycles. The largest absolute Gasteiger partial charge is 0.377 e. The average molecular weight is 186 g/mol. The molecule has 0 aliphatic carbocycles. The predicted octanol–water partition coefficient (Wildman–Crippen LogP) is 1.58. The molecule has 3 heteroatoms. The number of rotatable bonds is 6. The fourth-order valence-electron chi connectivity index (χ4n) is 1.91. The second-order valence-corrected chi connectivity index (χ2v) is 3.82. The summed E-state index contributed by atoms with van der Waals surface area (Å²) in [5.41, 5.74) is 2.88. The number of hydrogen-bond donors (Lipinski definition) is 2. The average Bonchev–Trinajstić information content (AvgIpc) is 2.65. The molecular formula is C10H22N2O. The third-order valence-corrected chi connectivity index (χ3v) is 2.75. The first kappa shape index (κ1) is 11.0. The lowest BCUT2D eigenvalue weighted by Gasteiger charge is -2.21. The molecule has 0 bridgehead atoms. The van der Waals surface area contributed by atoms with Gasteiger partial charge in [0.05, 0.1) is 6.10 Å². The molecule has 1 fully saturated rings. The molecule has 2 unspecified atom stereocenters. The van der Waals surface area contributed by atoms with Gasteiger partial charge in [0, 0.05) is 12.6 Å². The van der Waals surface area contributed by atoms with E-state index < -0.39 is 0 Å². The Bertz CT molecular complexity index is 124. The van der Waals surface area contributed by atoms with Crippen molar-refractivity contribution in [2.24, 2.45) is 5.84 Å². The van der Waals surface area contributed by atoms with Gasteiger partial charge >= 0.3 is 0 Å². The minimum absolute atomic E-state index is 0.363. The molecule has 0 spiro atoms. The molecule has 0 aromatic carbocycles. The van der Waals surface area contributed by atoms with Gasteiger partial charge < -0.3 is 4.74 Å². The van der Waals surface area contributed by atoms with E-state index in [1.54, 1.807) is 0 Å². The number of nitrogens with one attached hydrogen (secondary N) is 1. The van der Waals surface area contributed by atoms with Crippen LogP contribution in [0.3, 0.4) is 0 Å². The fourth-order valence-corrected chi connectivity index (χ4v) is 1.91. The van der Waals surface area contributed by atoms with Gasteiger partial charge in [0.2, 0.25) is 0 Å². The summed E-state index contributed by atoms with van der Waals surface area (Å²) < 4.78 is 5.59. The minimum atomic E-state index is 0.363. The molecule has 13 heavy (non-hydrogen) atoms. The molecule has 3 nitrogen and oxygen atoms in total. The van der Waals surface area contributed by atoms with Gasteiger partial charge in [-0.2, -0.15) is 0 Å². The van der Waals surface area contributed by atoms with E-state index in [1.807, 2.05) is 0 Å². The van der Waals surface area contributed by atoms with Crippen LogP contribution in [0.2, 0.25) is 0 Å². The zero-order valence-electron chi connectivity index (χ0n) is 8.59. The summed E-state index contributed by atoms with van der Waals surface area (Å²) in [6, 6.07) is 0.369. The summed E-state index contributed by atoms with van der Waals surface area (Å²) in [6.45, 7) is 3.13. The Balaban J connectivity index is 2.16. The van der Waals surface area contributed by atoms with Gasteiger partial charge in [-0.25, -0.2) is 0 Å². The van der Waals surface area contributed by atoms with Crippen LogP contribution in [0, 0.1) is 0 Å². The first-order valence-electron chi connectivity index (χ1n) is 5.46. The molecule has 1 saturated heterocycles. The van der Waals surface area contributed by atoms with Gasteiger partial charge in [-0.15, -0.1) is 0 Å². The highest BCUT2D eigenvalue weighted by Crippen LogP contribution is 2.18. The van der Waals surface area contributed by atoms with Crippen LogP contribution in [0.15, 0.2) is 0 Å². The SMILES string of the molecule is CCCCCC(NN)C1CCCO1. The van der Waals surface area contributed by atoms with Gasteiger partial charge in [-0.1, -0.05) is 26.2 Å². The van der Waals surface area contributed by atoms with Crippen LogP contribution in [-0.4, -0.2) is 18.8 Å². The first-order chi connectivity index (χ1) is 6.38. The highest BCUT2D eigenvalue weighted by Gasteiger charge is 2.24. The van der Waals surface area contributed by atoms with Crippen molar-refractivity contribution in [3.63, 3.8) is 0 Å². The van der Waals surface area contributed by atoms with Crippen molar-refractivity contribution in [1.82, 2.24) is 5.43 Å². The monoisotopic (exact) mass is 186 g/mol. The molecule has 3 N–H and O–H groups in total. The third kappa shape index (κ3) is 3.63. The fraction of sp³-hybridized carbons (Fsp3) is 1.00. The van der Waals surface area contributed by atoms with Gasteiger partial charge in [-0.3, -0.25) is 11.3 Å². The van der Waals surface area contributed by atoms with Gasteiger partial charge in [-0.05, 0) is 19.3 Å². The Labute approximate surface area is 81.0 Å². The number of ether oxygens (including phenoxy) is 1. The maximum Gasteiger partial charge on any atom is 0.0742 e. The summed E-state index contributed by atoms with van der Waals surface area (Å²) >= 11 is 0. The smallest absolute Gasteiger partial charge is 0.0742 e. The van der Waals surface area contributed by atoms with Gasteiger partial charge in [0.1, 0.15) is 0 Å². The Hall–Kier alpha value is -0.120. The van der Waals surface area contributed by atoms with E-state index in [9.17, 15) is 0 Å². The van der Waals surface area contributed by atoms with E-state index in [2.05, 4.69) is 12.3 Å². The quantitative estimate of drug-likeness (QED) is 0.376.